The zero-order valence-corrected chi connectivity index (χ0v) is 9.77. The van der Waals surface area contributed by atoms with Crippen LogP contribution in [-0.2, 0) is 6.54 Å². The third-order valence-electron chi connectivity index (χ3n) is 2.26. The highest BCUT2D eigenvalue weighted by Gasteiger charge is 2.07. The minimum atomic E-state index is 0.834. The lowest BCUT2D eigenvalue weighted by Gasteiger charge is -2.02. The zero-order chi connectivity index (χ0) is 10.1. The van der Waals surface area contributed by atoms with Crippen molar-refractivity contribution in [3.63, 3.8) is 0 Å². The van der Waals surface area contributed by atoms with Crippen LogP contribution in [0.25, 0.3) is 10.9 Å². The first-order valence-corrected chi connectivity index (χ1v) is 5.29. The van der Waals surface area contributed by atoms with Crippen molar-refractivity contribution in [3.05, 3.63) is 27.9 Å². The normalized spacial score (nSPS) is 11.1. The predicted octanol–water partition coefficient (Wildman–Crippen LogP) is 2.35. The van der Waals surface area contributed by atoms with E-state index in [4.69, 9.17) is 0 Å². The van der Waals surface area contributed by atoms with Crippen LogP contribution in [0.4, 0.5) is 0 Å². The lowest BCUT2D eigenvalue weighted by atomic mass is 10.1. The van der Waals surface area contributed by atoms with Crippen LogP contribution in [0.15, 0.2) is 16.6 Å². The van der Waals surface area contributed by atoms with Gasteiger partial charge in [0.05, 0.1) is 5.52 Å². The van der Waals surface area contributed by atoms with E-state index in [1.54, 1.807) is 0 Å². The molecule has 0 saturated heterocycles. The van der Waals surface area contributed by atoms with E-state index in [9.17, 15) is 0 Å². The molecule has 0 unspecified atom stereocenters. The SMILES string of the molecule is CNCc1cc(Br)cc2c(C)[nH]nc12. The summed E-state index contributed by atoms with van der Waals surface area (Å²) in [6.45, 7) is 2.87. The third kappa shape index (κ3) is 1.55. The molecule has 0 spiro atoms. The predicted molar refractivity (Wildman–Crippen MR) is 61.3 cm³/mol. The molecule has 0 atom stereocenters. The summed E-state index contributed by atoms with van der Waals surface area (Å²) in [5, 5.41) is 11.6. The van der Waals surface area contributed by atoms with Gasteiger partial charge >= 0.3 is 0 Å². The average Bonchev–Trinajstić information content (AvgIpc) is 2.49. The molecule has 1 aromatic carbocycles. The molecule has 74 valence electrons. The van der Waals surface area contributed by atoms with E-state index in [-0.39, 0.29) is 0 Å². The number of H-pyrrole nitrogens is 1. The van der Waals surface area contributed by atoms with E-state index < -0.39 is 0 Å². The minimum absolute atomic E-state index is 0.834. The fourth-order valence-corrected chi connectivity index (χ4v) is 2.10. The van der Waals surface area contributed by atoms with E-state index >= 15 is 0 Å². The topological polar surface area (TPSA) is 40.7 Å². The third-order valence-corrected chi connectivity index (χ3v) is 2.72. The second-order valence-electron chi connectivity index (χ2n) is 3.34. The van der Waals surface area contributed by atoms with Gasteiger partial charge in [-0.3, -0.25) is 5.10 Å². The average molecular weight is 254 g/mol. The van der Waals surface area contributed by atoms with Crippen molar-refractivity contribution in [1.82, 2.24) is 15.5 Å². The molecule has 0 aliphatic heterocycles. The molecule has 1 heterocycles. The molecule has 0 saturated carbocycles. The second-order valence-corrected chi connectivity index (χ2v) is 4.26. The van der Waals surface area contributed by atoms with Crippen LogP contribution < -0.4 is 5.32 Å². The maximum Gasteiger partial charge on any atom is 0.0969 e. The first-order valence-electron chi connectivity index (χ1n) is 4.50. The Morgan fingerprint density at radius 3 is 3.00 bits per heavy atom. The summed E-state index contributed by atoms with van der Waals surface area (Å²) in [7, 11) is 1.94. The van der Waals surface area contributed by atoms with Crippen LogP contribution in [0.1, 0.15) is 11.3 Å². The fourth-order valence-electron chi connectivity index (χ4n) is 1.60. The summed E-state index contributed by atoms with van der Waals surface area (Å²) in [5.74, 6) is 0. The van der Waals surface area contributed by atoms with Crippen LogP contribution in [0, 0.1) is 6.92 Å². The first-order chi connectivity index (χ1) is 6.72. The number of fused-ring (bicyclic) bond motifs is 1. The Kier molecular flexibility index (Phi) is 2.56. The summed E-state index contributed by atoms with van der Waals surface area (Å²) in [5.41, 5.74) is 3.37. The van der Waals surface area contributed by atoms with Gasteiger partial charge in [0.15, 0.2) is 0 Å². The number of benzene rings is 1. The van der Waals surface area contributed by atoms with E-state index in [1.807, 2.05) is 14.0 Å². The maximum atomic E-state index is 4.29. The van der Waals surface area contributed by atoms with Crippen molar-refractivity contribution >= 4 is 26.8 Å². The van der Waals surface area contributed by atoms with Gasteiger partial charge in [-0.2, -0.15) is 5.10 Å². The number of aryl methyl sites for hydroxylation is 1. The lowest BCUT2D eigenvalue weighted by Crippen LogP contribution is -2.05. The van der Waals surface area contributed by atoms with Crippen LogP contribution in [0.5, 0.6) is 0 Å². The summed E-state index contributed by atoms with van der Waals surface area (Å²) in [4.78, 5) is 0. The Hall–Kier alpha value is -0.870. The van der Waals surface area contributed by atoms with Gasteiger partial charge in [-0.05, 0) is 31.7 Å². The van der Waals surface area contributed by atoms with Gasteiger partial charge in [0, 0.05) is 22.1 Å². The number of aromatic amines is 1. The maximum absolute atomic E-state index is 4.29. The van der Waals surface area contributed by atoms with Crippen LogP contribution >= 0.6 is 15.9 Å². The first kappa shape index (κ1) is 9.68. The molecule has 1 aromatic heterocycles. The molecule has 2 N–H and O–H groups in total. The Balaban J connectivity index is 2.68. The highest BCUT2D eigenvalue weighted by atomic mass is 79.9. The fraction of sp³-hybridized carbons (Fsp3) is 0.300. The number of halogens is 1. The van der Waals surface area contributed by atoms with Gasteiger partial charge in [0.1, 0.15) is 0 Å². The Morgan fingerprint density at radius 1 is 1.50 bits per heavy atom. The zero-order valence-electron chi connectivity index (χ0n) is 8.19. The standard InChI is InChI=1S/C10H12BrN3/c1-6-9-4-8(11)3-7(5-12-2)10(9)14-13-6/h3-4,12H,5H2,1-2H3,(H,13,14). The summed E-state index contributed by atoms with van der Waals surface area (Å²) in [6, 6.07) is 4.19. The molecule has 0 amide bonds. The van der Waals surface area contributed by atoms with Gasteiger partial charge in [0.2, 0.25) is 0 Å². The number of hydrogen-bond acceptors (Lipinski definition) is 2. The highest BCUT2D eigenvalue weighted by Crippen LogP contribution is 2.24. The molecule has 14 heavy (non-hydrogen) atoms. The van der Waals surface area contributed by atoms with Crippen molar-refractivity contribution in [2.24, 2.45) is 0 Å². The molecule has 2 rings (SSSR count). The molecule has 3 nitrogen and oxygen atoms in total. The van der Waals surface area contributed by atoms with Gasteiger partial charge in [0.25, 0.3) is 0 Å². The summed E-state index contributed by atoms with van der Waals surface area (Å²) >= 11 is 3.50. The molecule has 0 fully saturated rings. The van der Waals surface area contributed by atoms with E-state index in [2.05, 4.69) is 43.6 Å². The van der Waals surface area contributed by atoms with Gasteiger partial charge in [-0.1, -0.05) is 15.9 Å². The van der Waals surface area contributed by atoms with E-state index in [0.29, 0.717) is 0 Å². The van der Waals surface area contributed by atoms with Crippen molar-refractivity contribution in [2.45, 2.75) is 13.5 Å². The Labute approximate surface area is 91.0 Å². The van der Waals surface area contributed by atoms with E-state index in [1.165, 1.54) is 10.9 Å². The highest BCUT2D eigenvalue weighted by molar-refractivity contribution is 9.10. The van der Waals surface area contributed by atoms with Gasteiger partial charge in [-0.25, -0.2) is 0 Å². The number of aromatic nitrogens is 2. The van der Waals surface area contributed by atoms with Crippen LogP contribution in [0.2, 0.25) is 0 Å². The molecular weight excluding hydrogens is 242 g/mol. The largest absolute Gasteiger partial charge is 0.316 e. The Bertz CT molecular complexity index is 462. The molecule has 0 radical (unpaired) electrons. The number of nitrogens with zero attached hydrogens (tertiary/aromatic N) is 1. The molecule has 4 heteroatoms. The molecule has 2 aromatic rings. The molecular formula is C10H12BrN3. The second kappa shape index (κ2) is 3.71. The van der Waals surface area contributed by atoms with Crippen molar-refractivity contribution in [1.29, 1.82) is 0 Å². The molecule has 0 aliphatic carbocycles. The van der Waals surface area contributed by atoms with Gasteiger partial charge < -0.3 is 5.32 Å². The number of hydrogen-bond donors (Lipinski definition) is 2. The minimum Gasteiger partial charge on any atom is -0.316 e. The Morgan fingerprint density at radius 2 is 2.29 bits per heavy atom. The van der Waals surface area contributed by atoms with Crippen molar-refractivity contribution < 1.29 is 0 Å². The number of rotatable bonds is 2. The van der Waals surface area contributed by atoms with Crippen molar-refractivity contribution in [2.75, 3.05) is 7.05 Å². The summed E-state index contributed by atoms with van der Waals surface area (Å²) < 4.78 is 1.10. The summed E-state index contributed by atoms with van der Waals surface area (Å²) in [6.07, 6.45) is 0. The van der Waals surface area contributed by atoms with Crippen LogP contribution in [-0.4, -0.2) is 17.2 Å². The molecule has 0 bridgehead atoms. The van der Waals surface area contributed by atoms with Crippen LogP contribution in [0.3, 0.4) is 0 Å². The number of nitrogens with one attached hydrogen (secondary N) is 2. The monoisotopic (exact) mass is 253 g/mol. The molecule has 0 aliphatic rings. The van der Waals surface area contributed by atoms with E-state index in [0.717, 1.165) is 22.2 Å². The lowest BCUT2D eigenvalue weighted by molar-refractivity contribution is 0.820. The quantitative estimate of drug-likeness (QED) is 0.863. The smallest absolute Gasteiger partial charge is 0.0969 e. The van der Waals surface area contributed by atoms with Gasteiger partial charge in [-0.15, -0.1) is 0 Å². The van der Waals surface area contributed by atoms with Crippen molar-refractivity contribution in [3.8, 4) is 0 Å².